The van der Waals surface area contributed by atoms with E-state index >= 15 is 0 Å². The van der Waals surface area contributed by atoms with Crippen molar-refractivity contribution in [2.24, 2.45) is 5.73 Å². The monoisotopic (exact) mass is 415 g/mol. The van der Waals surface area contributed by atoms with Crippen molar-refractivity contribution in [3.63, 3.8) is 0 Å². The molecule has 1 atom stereocenters. The fourth-order valence-electron chi connectivity index (χ4n) is 4.52. The maximum Gasteiger partial charge on any atom is 0.264 e. The van der Waals surface area contributed by atoms with Crippen LogP contribution < -0.4 is 5.73 Å². The molecule has 2 fully saturated rings. The second-order valence-electron chi connectivity index (χ2n) is 8.37. The number of carbonyl (C=O) groups excluding carboxylic acids is 1. The van der Waals surface area contributed by atoms with Crippen LogP contribution in [0.1, 0.15) is 52.9 Å². The number of hydrogen-bond acceptors (Lipinski definition) is 4. The van der Waals surface area contributed by atoms with Crippen molar-refractivity contribution in [3.05, 3.63) is 46.1 Å². The van der Waals surface area contributed by atoms with Crippen LogP contribution in [0, 0.1) is 12.7 Å². The Hall–Kier alpha value is -1.76. The fraction of sp³-hybridized carbons (Fsp3) is 0.522. The van der Waals surface area contributed by atoms with E-state index in [0.717, 1.165) is 65.3 Å². The van der Waals surface area contributed by atoms with Crippen LogP contribution in [-0.2, 0) is 0 Å². The minimum Gasteiger partial charge on any atom is -0.336 e. The Balaban J connectivity index is 1.52. The molecule has 2 aliphatic heterocycles. The molecule has 4 nitrogen and oxygen atoms in total. The highest BCUT2D eigenvalue weighted by molar-refractivity contribution is 7.17. The second-order valence-corrected chi connectivity index (χ2v) is 9.42. The summed E-state index contributed by atoms with van der Waals surface area (Å²) in [6.45, 7) is 8.61. The van der Waals surface area contributed by atoms with Crippen LogP contribution in [-0.4, -0.2) is 54.5 Å². The van der Waals surface area contributed by atoms with Gasteiger partial charge in [0.2, 0.25) is 0 Å². The average Bonchev–Trinajstić information content (AvgIpc) is 3.33. The van der Waals surface area contributed by atoms with Gasteiger partial charge in [-0.05, 0) is 80.6 Å². The molecule has 29 heavy (non-hydrogen) atoms. The molecule has 0 aliphatic carbocycles. The maximum atomic E-state index is 15.0. The van der Waals surface area contributed by atoms with E-state index in [1.54, 1.807) is 6.07 Å². The number of rotatable bonds is 4. The molecule has 0 saturated carbocycles. The third-order valence-corrected chi connectivity index (χ3v) is 7.66. The smallest absolute Gasteiger partial charge is 0.264 e. The van der Waals surface area contributed by atoms with E-state index in [2.05, 4.69) is 11.8 Å². The van der Waals surface area contributed by atoms with E-state index in [0.29, 0.717) is 19.0 Å². The molecule has 4 rings (SSSR count). The molecule has 0 bridgehead atoms. The fourth-order valence-corrected chi connectivity index (χ4v) is 5.66. The van der Waals surface area contributed by atoms with Crippen LogP contribution in [0.2, 0.25) is 0 Å². The first-order valence-electron chi connectivity index (χ1n) is 10.6. The van der Waals surface area contributed by atoms with E-state index in [-0.39, 0.29) is 17.8 Å². The molecular formula is C23H30FN3OS. The van der Waals surface area contributed by atoms with Gasteiger partial charge in [0.05, 0.1) is 4.88 Å². The third kappa shape index (κ3) is 4.25. The molecule has 0 radical (unpaired) electrons. The lowest BCUT2D eigenvalue weighted by Crippen LogP contribution is -2.32. The Morgan fingerprint density at radius 3 is 2.59 bits per heavy atom. The summed E-state index contributed by atoms with van der Waals surface area (Å²) in [6.07, 6.45) is 2.88. The summed E-state index contributed by atoms with van der Waals surface area (Å²) in [4.78, 5) is 18.8. The van der Waals surface area contributed by atoms with Gasteiger partial charge in [0.25, 0.3) is 5.91 Å². The van der Waals surface area contributed by atoms with Gasteiger partial charge >= 0.3 is 0 Å². The van der Waals surface area contributed by atoms with Crippen molar-refractivity contribution in [3.8, 4) is 10.4 Å². The Bertz CT molecular complexity index is 888. The van der Waals surface area contributed by atoms with E-state index in [1.165, 1.54) is 11.3 Å². The van der Waals surface area contributed by atoms with E-state index in [1.807, 2.05) is 30.0 Å². The maximum absolute atomic E-state index is 15.0. The second kappa shape index (κ2) is 8.54. The predicted octanol–water partition coefficient (Wildman–Crippen LogP) is 4.24. The van der Waals surface area contributed by atoms with Crippen LogP contribution in [0.5, 0.6) is 0 Å². The van der Waals surface area contributed by atoms with Gasteiger partial charge in [-0.2, -0.15) is 0 Å². The van der Waals surface area contributed by atoms with Gasteiger partial charge in [-0.15, -0.1) is 11.3 Å². The zero-order valence-corrected chi connectivity index (χ0v) is 18.1. The largest absolute Gasteiger partial charge is 0.336 e. The molecule has 1 aromatic heterocycles. The Morgan fingerprint density at radius 1 is 1.21 bits per heavy atom. The van der Waals surface area contributed by atoms with Crippen molar-refractivity contribution in [1.82, 2.24) is 9.80 Å². The SMILES string of the molecule is CCN1CCC(c2ccc(-c3cc(C)c(C(=O)N4CC[C@H](N)C4)s3)cc2F)CC1. The average molecular weight is 416 g/mol. The normalized spacial score (nSPS) is 21.1. The minimum absolute atomic E-state index is 0.0477. The number of hydrogen-bond donors (Lipinski definition) is 1. The summed E-state index contributed by atoms with van der Waals surface area (Å²) in [5.74, 6) is 0.224. The molecule has 1 aromatic carbocycles. The standard InChI is InChI=1S/C23H30FN3OS/c1-3-26-9-6-16(7-10-26)19-5-4-17(13-20(19)24)21-12-15(2)22(29-21)23(28)27-11-8-18(25)14-27/h4-5,12-13,16,18H,3,6-11,14,25H2,1-2H3/t18-/m0/s1. The number of piperidine rings is 1. The highest BCUT2D eigenvalue weighted by atomic mass is 32.1. The minimum atomic E-state index is -0.123. The topological polar surface area (TPSA) is 49.6 Å². The number of carbonyl (C=O) groups is 1. The number of nitrogens with two attached hydrogens (primary N) is 1. The van der Waals surface area contributed by atoms with Gasteiger partial charge in [-0.1, -0.05) is 19.1 Å². The van der Waals surface area contributed by atoms with Crippen molar-refractivity contribution >= 4 is 17.2 Å². The lowest BCUT2D eigenvalue weighted by molar-refractivity contribution is 0.0795. The van der Waals surface area contributed by atoms with E-state index in [9.17, 15) is 9.18 Å². The van der Waals surface area contributed by atoms with Crippen molar-refractivity contribution in [1.29, 1.82) is 0 Å². The van der Waals surface area contributed by atoms with Gasteiger partial charge in [-0.3, -0.25) is 4.79 Å². The highest BCUT2D eigenvalue weighted by Crippen LogP contribution is 2.36. The number of likely N-dealkylation sites (tertiary alicyclic amines) is 2. The van der Waals surface area contributed by atoms with Gasteiger partial charge in [0, 0.05) is 24.0 Å². The highest BCUT2D eigenvalue weighted by Gasteiger charge is 2.27. The van der Waals surface area contributed by atoms with Crippen molar-refractivity contribution in [2.75, 3.05) is 32.7 Å². The summed E-state index contributed by atoms with van der Waals surface area (Å²) < 4.78 is 15.0. The molecule has 156 valence electrons. The molecule has 1 amide bonds. The van der Waals surface area contributed by atoms with Crippen LogP contribution in [0.25, 0.3) is 10.4 Å². The molecule has 3 heterocycles. The molecule has 0 spiro atoms. The van der Waals surface area contributed by atoms with Gasteiger partial charge in [0.15, 0.2) is 0 Å². The number of amides is 1. The molecule has 2 aromatic rings. The molecule has 2 N–H and O–H groups in total. The summed E-state index contributed by atoms with van der Waals surface area (Å²) in [5.41, 5.74) is 8.58. The first kappa shape index (κ1) is 20.5. The van der Waals surface area contributed by atoms with Crippen molar-refractivity contribution < 1.29 is 9.18 Å². The summed E-state index contributed by atoms with van der Waals surface area (Å²) >= 11 is 1.46. The molecule has 6 heteroatoms. The first-order valence-corrected chi connectivity index (χ1v) is 11.5. The van der Waals surface area contributed by atoms with E-state index in [4.69, 9.17) is 5.73 Å². The zero-order valence-electron chi connectivity index (χ0n) is 17.3. The van der Waals surface area contributed by atoms with E-state index < -0.39 is 0 Å². The lowest BCUT2D eigenvalue weighted by atomic mass is 9.88. The van der Waals surface area contributed by atoms with Crippen LogP contribution >= 0.6 is 11.3 Å². The molecule has 2 saturated heterocycles. The quantitative estimate of drug-likeness (QED) is 0.813. The number of halogens is 1. The van der Waals surface area contributed by atoms with Crippen LogP contribution in [0.15, 0.2) is 24.3 Å². The van der Waals surface area contributed by atoms with Crippen molar-refractivity contribution in [2.45, 2.75) is 45.1 Å². The Labute approximate surface area is 176 Å². The molecule has 2 aliphatic rings. The third-order valence-electron chi connectivity index (χ3n) is 6.38. The predicted molar refractivity (Wildman–Crippen MR) is 117 cm³/mol. The summed E-state index contributed by atoms with van der Waals surface area (Å²) in [7, 11) is 0. The zero-order chi connectivity index (χ0) is 20.5. The number of benzene rings is 1. The Morgan fingerprint density at radius 2 is 1.97 bits per heavy atom. The first-order chi connectivity index (χ1) is 14.0. The number of thiophene rings is 1. The Kier molecular flexibility index (Phi) is 6.04. The molecular weight excluding hydrogens is 385 g/mol. The van der Waals surface area contributed by atoms with Gasteiger partial charge < -0.3 is 15.5 Å². The number of aryl methyl sites for hydroxylation is 1. The lowest BCUT2D eigenvalue weighted by Gasteiger charge is -2.31. The summed E-state index contributed by atoms with van der Waals surface area (Å²) in [6, 6.07) is 7.68. The van der Waals surface area contributed by atoms with Crippen LogP contribution in [0.4, 0.5) is 4.39 Å². The van der Waals surface area contributed by atoms with Gasteiger partial charge in [-0.25, -0.2) is 4.39 Å². The number of nitrogens with zero attached hydrogens (tertiary/aromatic N) is 2. The summed E-state index contributed by atoms with van der Waals surface area (Å²) in [5, 5.41) is 0. The molecule has 0 unspecified atom stereocenters. The van der Waals surface area contributed by atoms with Gasteiger partial charge in [0.1, 0.15) is 5.82 Å². The van der Waals surface area contributed by atoms with Crippen LogP contribution in [0.3, 0.4) is 0 Å².